The molecule has 3 heteroatoms. The summed E-state index contributed by atoms with van der Waals surface area (Å²) < 4.78 is 0. The highest BCUT2D eigenvalue weighted by Gasteiger charge is 2.17. The van der Waals surface area contributed by atoms with Crippen LogP contribution in [0.3, 0.4) is 0 Å². The smallest absolute Gasteiger partial charge is 0.120 e. The van der Waals surface area contributed by atoms with Gasteiger partial charge in [-0.1, -0.05) is 72.7 Å². The summed E-state index contributed by atoms with van der Waals surface area (Å²) in [6.45, 7) is 15.3. The summed E-state index contributed by atoms with van der Waals surface area (Å²) in [7, 11) is 0. The van der Waals surface area contributed by atoms with Gasteiger partial charge in [0, 0.05) is 6.42 Å². The SMILES string of the molecule is CC/C(N)=N/N(c1ccc(C(C)(C)C)cc1)c1ccc(C(C)(C)C)cc1. The Bertz CT molecular complexity index is 685. The van der Waals surface area contributed by atoms with E-state index in [0.29, 0.717) is 5.84 Å². The molecule has 0 aliphatic rings. The van der Waals surface area contributed by atoms with Gasteiger partial charge in [0.1, 0.15) is 5.84 Å². The molecule has 0 saturated carbocycles. The van der Waals surface area contributed by atoms with Crippen LogP contribution in [0.25, 0.3) is 0 Å². The molecule has 0 aromatic heterocycles. The van der Waals surface area contributed by atoms with E-state index in [-0.39, 0.29) is 10.8 Å². The summed E-state index contributed by atoms with van der Waals surface area (Å²) >= 11 is 0. The average molecular weight is 352 g/mol. The molecule has 2 aromatic rings. The van der Waals surface area contributed by atoms with Crippen LogP contribution in [0.5, 0.6) is 0 Å². The lowest BCUT2D eigenvalue weighted by molar-refractivity contribution is 0.590. The first-order valence-corrected chi connectivity index (χ1v) is 9.36. The Morgan fingerprint density at radius 1 is 0.769 bits per heavy atom. The third kappa shape index (κ3) is 4.87. The van der Waals surface area contributed by atoms with E-state index < -0.39 is 0 Å². The first-order valence-electron chi connectivity index (χ1n) is 9.36. The molecule has 0 heterocycles. The minimum atomic E-state index is 0.128. The zero-order valence-corrected chi connectivity index (χ0v) is 17.3. The standard InChI is InChI=1S/C23H33N3/c1-8-21(24)25-26(19-13-9-17(10-14-19)22(2,3)4)20-15-11-18(12-16-20)23(5,6)7/h9-16H,8H2,1-7H3,(H2,24,25). The molecule has 0 unspecified atom stereocenters. The van der Waals surface area contributed by atoms with Gasteiger partial charge in [0.15, 0.2) is 0 Å². The van der Waals surface area contributed by atoms with Gasteiger partial charge in [-0.15, -0.1) is 0 Å². The number of rotatable bonds is 4. The maximum atomic E-state index is 6.06. The lowest BCUT2D eigenvalue weighted by atomic mass is 9.87. The van der Waals surface area contributed by atoms with Crippen molar-refractivity contribution in [3.63, 3.8) is 0 Å². The van der Waals surface area contributed by atoms with Crippen LogP contribution in [-0.2, 0) is 10.8 Å². The molecule has 2 rings (SSSR count). The molecule has 140 valence electrons. The second kappa shape index (κ2) is 7.53. The molecule has 2 N–H and O–H groups in total. The van der Waals surface area contributed by atoms with Crippen LogP contribution in [-0.4, -0.2) is 5.84 Å². The molecule has 0 saturated heterocycles. The van der Waals surface area contributed by atoms with Gasteiger partial charge in [-0.2, -0.15) is 5.10 Å². The van der Waals surface area contributed by atoms with Crippen molar-refractivity contribution in [2.75, 3.05) is 5.01 Å². The molecule has 0 aliphatic heterocycles. The van der Waals surface area contributed by atoms with Crippen LogP contribution in [0.4, 0.5) is 11.4 Å². The summed E-state index contributed by atoms with van der Waals surface area (Å²) in [6, 6.07) is 17.1. The van der Waals surface area contributed by atoms with Crippen molar-refractivity contribution in [1.29, 1.82) is 0 Å². The van der Waals surface area contributed by atoms with Gasteiger partial charge in [0.05, 0.1) is 11.4 Å². The highest BCUT2D eigenvalue weighted by molar-refractivity contribution is 5.82. The number of nitrogens with two attached hydrogens (primary N) is 1. The third-order valence-corrected chi connectivity index (χ3v) is 4.55. The molecular formula is C23H33N3. The van der Waals surface area contributed by atoms with Crippen molar-refractivity contribution < 1.29 is 0 Å². The van der Waals surface area contributed by atoms with E-state index in [9.17, 15) is 0 Å². The third-order valence-electron chi connectivity index (χ3n) is 4.55. The highest BCUT2D eigenvalue weighted by Crippen LogP contribution is 2.31. The Kier molecular flexibility index (Phi) is 5.80. The molecule has 0 fully saturated rings. The van der Waals surface area contributed by atoms with Crippen molar-refractivity contribution in [2.45, 2.75) is 65.7 Å². The number of hydrogen-bond donors (Lipinski definition) is 1. The second-order valence-electron chi connectivity index (χ2n) is 8.85. The Morgan fingerprint density at radius 3 is 1.38 bits per heavy atom. The fourth-order valence-electron chi connectivity index (χ4n) is 2.67. The van der Waals surface area contributed by atoms with Gasteiger partial charge in [0.25, 0.3) is 0 Å². The van der Waals surface area contributed by atoms with E-state index in [1.165, 1.54) is 11.1 Å². The largest absolute Gasteiger partial charge is 0.386 e. The number of nitrogens with zero attached hydrogens (tertiary/aromatic N) is 2. The Labute approximate surface area is 158 Å². The molecule has 0 radical (unpaired) electrons. The minimum Gasteiger partial charge on any atom is -0.386 e. The summed E-state index contributed by atoms with van der Waals surface area (Å²) in [5, 5.41) is 6.58. The van der Waals surface area contributed by atoms with Gasteiger partial charge >= 0.3 is 0 Å². The van der Waals surface area contributed by atoms with E-state index >= 15 is 0 Å². The summed E-state index contributed by atoms with van der Waals surface area (Å²) in [5.74, 6) is 0.616. The van der Waals surface area contributed by atoms with E-state index in [0.717, 1.165) is 17.8 Å². The van der Waals surface area contributed by atoms with Gasteiger partial charge in [-0.25, -0.2) is 5.01 Å². The molecule has 0 bridgehead atoms. The van der Waals surface area contributed by atoms with Crippen molar-refractivity contribution in [3.8, 4) is 0 Å². The van der Waals surface area contributed by atoms with Crippen LogP contribution in [0, 0.1) is 0 Å². The molecule has 0 aliphatic carbocycles. The number of benzene rings is 2. The van der Waals surface area contributed by atoms with Gasteiger partial charge < -0.3 is 5.73 Å². The van der Waals surface area contributed by atoms with Gasteiger partial charge in [-0.3, -0.25) is 0 Å². The van der Waals surface area contributed by atoms with Crippen molar-refractivity contribution in [1.82, 2.24) is 0 Å². The first kappa shape index (κ1) is 20.0. The van der Waals surface area contributed by atoms with Crippen molar-refractivity contribution in [3.05, 3.63) is 59.7 Å². The topological polar surface area (TPSA) is 41.6 Å². The number of anilines is 2. The summed E-state index contributed by atoms with van der Waals surface area (Å²) in [5.41, 5.74) is 10.9. The van der Waals surface area contributed by atoms with E-state index in [1.807, 2.05) is 11.9 Å². The monoisotopic (exact) mass is 351 g/mol. The second-order valence-corrected chi connectivity index (χ2v) is 8.85. The average Bonchev–Trinajstić information content (AvgIpc) is 2.58. The summed E-state index contributed by atoms with van der Waals surface area (Å²) in [6.07, 6.45) is 0.719. The molecular weight excluding hydrogens is 318 g/mol. The van der Waals surface area contributed by atoms with E-state index in [1.54, 1.807) is 0 Å². The van der Waals surface area contributed by atoms with Crippen molar-refractivity contribution in [2.24, 2.45) is 10.8 Å². The maximum absolute atomic E-state index is 6.06. The number of amidine groups is 1. The van der Waals surface area contributed by atoms with Crippen molar-refractivity contribution >= 4 is 17.2 Å². The zero-order chi connectivity index (χ0) is 19.5. The van der Waals surface area contributed by atoms with Gasteiger partial charge in [0.2, 0.25) is 0 Å². The van der Waals surface area contributed by atoms with Crippen LogP contribution >= 0.6 is 0 Å². The lowest BCUT2D eigenvalue weighted by Crippen LogP contribution is -2.19. The van der Waals surface area contributed by atoms with Crippen LogP contribution < -0.4 is 10.7 Å². The van der Waals surface area contributed by atoms with Crippen LogP contribution in [0.2, 0.25) is 0 Å². The van der Waals surface area contributed by atoms with E-state index in [2.05, 4.69) is 95.2 Å². The first-order chi connectivity index (χ1) is 12.0. The highest BCUT2D eigenvalue weighted by atomic mass is 15.5. The van der Waals surface area contributed by atoms with Crippen LogP contribution in [0.1, 0.15) is 66.0 Å². The number of hydrogen-bond acceptors (Lipinski definition) is 2. The maximum Gasteiger partial charge on any atom is 0.120 e. The lowest BCUT2D eigenvalue weighted by Gasteiger charge is -2.24. The molecule has 3 nitrogen and oxygen atoms in total. The van der Waals surface area contributed by atoms with Crippen LogP contribution in [0.15, 0.2) is 53.6 Å². The number of hydrazone groups is 1. The zero-order valence-electron chi connectivity index (χ0n) is 17.3. The van der Waals surface area contributed by atoms with Gasteiger partial charge in [-0.05, 0) is 46.2 Å². The predicted molar refractivity (Wildman–Crippen MR) is 114 cm³/mol. The molecule has 0 amide bonds. The predicted octanol–water partition coefficient (Wildman–Crippen LogP) is 6.10. The Morgan fingerprint density at radius 2 is 1.12 bits per heavy atom. The fraction of sp³-hybridized carbons (Fsp3) is 0.435. The fourth-order valence-corrected chi connectivity index (χ4v) is 2.67. The molecule has 0 spiro atoms. The minimum absolute atomic E-state index is 0.128. The summed E-state index contributed by atoms with van der Waals surface area (Å²) in [4.78, 5) is 0. The Hall–Kier alpha value is -2.29. The quantitative estimate of drug-likeness (QED) is 0.411. The molecule has 2 aromatic carbocycles. The molecule has 0 atom stereocenters. The van der Waals surface area contributed by atoms with E-state index in [4.69, 9.17) is 5.73 Å². The normalized spacial score (nSPS) is 13.0. The Balaban J connectivity index is 2.44. The molecule has 26 heavy (non-hydrogen) atoms.